The predicted molar refractivity (Wildman–Crippen MR) is 66.8 cm³/mol. The number of hydrogen-bond donors (Lipinski definition) is 0. The quantitative estimate of drug-likeness (QED) is 0.804. The standard InChI is InChI=1S/C12H15N3O3/c1-8(17-2)9-7-12(16)15(14-9)10-5-4-6-11(13-10)18-3/h4-6,8H,7H2,1-3H3. The molecular weight excluding hydrogens is 234 g/mol. The number of methoxy groups -OCH3 is 2. The highest BCUT2D eigenvalue weighted by Gasteiger charge is 2.29. The van der Waals surface area contributed by atoms with Crippen molar-refractivity contribution < 1.29 is 14.3 Å². The molecule has 1 unspecified atom stereocenters. The van der Waals surface area contributed by atoms with E-state index in [1.54, 1.807) is 25.3 Å². The van der Waals surface area contributed by atoms with Crippen LogP contribution in [0.5, 0.6) is 5.88 Å². The number of ether oxygens (including phenoxy) is 2. The van der Waals surface area contributed by atoms with Gasteiger partial charge in [-0.15, -0.1) is 0 Å². The molecule has 1 aliphatic heterocycles. The number of hydrazone groups is 1. The van der Waals surface area contributed by atoms with Crippen LogP contribution in [0.25, 0.3) is 0 Å². The Bertz CT molecular complexity index is 487. The van der Waals surface area contributed by atoms with Gasteiger partial charge in [0.05, 0.1) is 25.3 Å². The lowest BCUT2D eigenvalue weighted by Gasteiger charge is -2.11. The maximum atomic E-state index is 11.9. The molecule has 0 aliphatic carbocycles. The molecule has 1 aliphatic rings. The van der Waals surface area contributed by atoms with E-state index in [9.17, 15) is 4.79 Å². The molecule has 2 rings (SSSR count). The number of amides is 1. The van der Waals surface area contributed by atoms with Gasteiger partial charge in [0.15, 0.2) is 5.82 Å². The van der Waals surface area contributed by atoms with Gasteiger partial charge in [-0.05, 0) is 13.0 Å². The number of nitrogens with zero attached hydrogens (tertiary/aromatic N) is 3. The third-order valence-electron chi connectivity index (χ3n) is 2.75. The van der Waals surface area contributed by atoms with Crippen LogP contribution in [0.2, 0.25) is 0 Å². The van der Waals surface area contributed by atoms with Gasteiger partial charge in [0.25, 0.3) is 5.91 Å². The van der Waals surface area contributed by atoms with Crippen molar-refractivity contribution in [1.29, 1.82) is 0 Å². The van der Waals surface area contributed by atoms with Gasteiger partial charge in [0.1, 0.15) is 0 Å². The lowest BCUT2D eigenvalue weighted by Crippen LogP contribution is -2.21. The monoisotopic (exact) mass is 249 g/mol. The predicted octanol–water partition coefficient (Wildman–Crippen LogP) is 1.22. The second-order valence-corrected chi connectivity index (χ2v) is 3.89. The number of aromatic nitrogens is 1. The van der Waals surface area contributed by atoms with Crippen LogP contribution in [0.15, 0.2) is 23.3 Å². The van der Waals surface area contributed by atoms with Gasteiger partial charge in [-0.2, -0.15) is 15.1 Å². The van der Waals surface area contributed by atoms with Crippen molar-refractivity contribution in [3.63, 3.8) is 0 Å². The normalized spacial score (nSPS) is 16.7. The van der Waals surface area contributed by atoms with Crippen LogP contribution in [0, 0.1) is 0 Å². The van der Waals surface area contributed by atoms with Crippen molar-refractivity contribution in [2.24, 2.45) is 5.10 Å². The molecule has 18 heavy (non-hydrogen) atoms. The summed E-state index contributed by atoms with van der Waals surface area (Å²) in [7, 11) is 3.11. The Labute approximate surface area is 105 Å². The first-order valence-corrected chi connectivity index (χ1v) is 5.60. The fourth-order valence-electron chi connectivity index (χ4n) is 1.63. The zero-order valence-electron chi connectivity index (χ0n) is 10.6. The maximum Gasteiger partial charge on any atom is 0.254 e. The zero-order chi connectivity index (χ0) is 13.1. The van der Waals surface area contributed by atoms with Crippen LogP contribution in [-0.4, -0.2) is 36.9 Å². The van der Waals surface area contributed by atoms with Crippen LogP contribution < -0.4 is 9.75 Å². The van der Waals surface area contributed by atoms with Crippen molar-refractivity contribution >= 4 is 17.4 Å². The number of carbonyl (C=O) groups is 1. The van der Waals surface area contributed by atoms with E-state index in [-0.39, 0.29) is 18.4 Å². The van der Waals surface area contributed by atoms with Gasteiger partial charge >= 0.3 is 0 Å². The fraction of sp³-hybridized carbons (Fsp3) is 0.417. The van der Waals surface area contributed by atoms with Crippen molar-refractivity contribution in [2.45, 2.75) is 19.4 Å². The topological polar surface area (TPSA) is 64.0 Å². The Hall–Kier alpha value is -1.95. The highest BCUT2D eigenvalue weighted by Crippen LogP contribution is 2.21. The molecule has 1 amide bonds. The Kier molecular flexibility index (Phi) is 3.57. The first kappa shape index (κ1) is 12.5. The minimum atomic E-state index is -0.176. The highest BCUT2D eigenvalue weighted by atomic mass is 16.5. The Morgan fingerprint density at radius 1 is 1.39 bits per heavy atom. The molecule has 6 nitrogen and oxygen atoms in total. The van der Waals surface area contributed by atoms with E-state index in [1.807, 2.05) is 6.92 Å². The molecule has 0 fully saturated rings. The van der Waals surface area contributed by atoms with Crippen LogP contribution in [0.3, 0.4) is 0 Å². The first-order valence-electron chi connectivity index (χ1n) is 5.60. The maximum absolute atomic E-state index is 11.9. The summed E-state index contributed by atoms with van der Waals surface area (Å²) in [5, 5.41) is 5.53. The summed E-state index contributed by atoms with van der Waals surface area (Å²) in [5.41, 5.74) is 0.701. The van der Waals surface area contributed by atoms with Crippen LogP contribution in [0.4, 0.5) is 5.82 Å². The molecule has 1 aromatic heterocycles. The lowest BCUT2D eigenvalue weighted by molar-refractivity contribution is -0.117. The Morgan fingerprint density at radius 3 is 2.83 bits per heavy atom. The summed E-state index contributed by atoms with van der Waals surface area (Å²) in [6.45, 7) is 1.86. The van der Waals surface area contributed by atoms with Crippen molar-refractivity contribution in [3.8, 4) is 5.88 Å². The summed E-state index contributed by atoms with van der Waals surface area (Å²) < 4.78 is 10.2. The highest BCUT2D eigenvalue weighted by molar-refractivity contribution is 6.14. The largest absolute Gasteiger partial charge is 0.481 e. The average molecular weight is 249 g/mol. The molecule has 1 atom stereocenters. The molecule has 6 heteroatoms. The summed E-state index contributed by atoms with van der Waals surface area (Å²) >= 11 is 0. The van der Waals surface area contributed by atoms with Crippen LogP contribution in [0.1, 0.15) is 13.3 Å². The molecule has 1 aromatic rings. The van der Waals surface area contributed by atoms with E-state index in [0.717, 1.165) is 0 Å². The van der Waals surface area contributed by atoms with Crippen molar-refractivity contribution in [2.75, 3.05) is 19.2 Å². The molecule has 2 heterocycles. The Morgan fingerprint density at radius 2 is 2.17 bits per heavy atom. The molecule has 0 N–H and O–H groups in total. The third-order valence-corrected chi connectivity index (χ3v) is 2.75. The summed E-state index contributed by atoms with van der Waals surface area (Å²) in [6, 6.07) is 5.19. The summed E-state index contributed by atoms with van der Waals surface area (Å²) in [6.07, 6.45) is 0.0815. The molecule has 0 spiro atoms. The fourth-order valence-corrected chi connectivity index (χ4v) is 1.63. The van der Waals surface area contributed by atoms with Gasteiger partial charge in [0, 0.05) is 13.2 Å². The lowest BCUT2D eigenvalue weighted by atomic mass is 10.2. The second kappa shape index (κ2) is 5.14. The van der Waals surface area contributed by atoms with E-state index in [4.69, 9.17) is 9.47 Å². The smallest absolute Gasteiger partial charge is 0.254 e. The molecule has 0 radical (unpaired) electrons. The average Bonchev–Trinajstić information content (AvgIpc) is 2.80. The molecule has 96 valence electrons. The SMILES string of the molecule is COc1cccc(N2N=C(C(C)OC)CC2=O)n1. The molecule has 0 aromatic carbocycles. The van der Waals surface area contributed by atoms with Crippen LogP contribution >= 0.6 is 0 Å². The van der Waals surface area contributed by atoms with Gasteiger partial charge in [-0.1, -0.05) is 6.07 Å². The summed E-state index contributed by atoms with van der Waals surface area (Å²) in [4.78, 5) is 16.1. The second-order valence-electron chi connectivity index (χ2n) is 3.89. The van der Waals surface area contributed by atoms with E-state index in [2.05, 4.69) is 10.1 Å². The van der Waals surface area contributed by atoms with Gasteiger partial charge in [0.2, 0.25) is 5.88 Å². The van der Waals surface area contributed by atoms with Crippen molar-refractivity contribution in [1.82, 2.24) is 4.98 Å². The Balaban J connectivity index is 2.27. The number of rotatable bonds is 4. The number of anilines is 1. The first-order chi connectivity index (χ1) is 8.65. The van der Waals surface area contributed by atoms with Gasteiger partial charge < -0.3 is 9.47 Å². The number of carbonyl (C=O) groups excluding carboxylic acids is 1. The minimum absolute atomic E-state index is 0.116. The van der Waals surface area contributed by atoms with Crippen LogP contribution in [-0.2, 0) is 9.53 Å². The third kappa shape index (κ3) is 2.33. The van der Waals surface area contributed by atoms with E-state index < -0.39 is 0 Å². The number of pyridine rings is 1. The van der Waals surface area contributed by atoms with E-state index in [1.165, 1.54) is 12.1 Å². The molecule has 0 saturated carbocycles. The molecule has 0 bridgehead atoms. The molecular formula is C12H15N3O3. The number of hydrogen-bond acceptors (Lipinski definition) is 5. The summed E-state index contributed by atoms with van der Waals surface area (Å²) in [5.74, 6) is 0.788. The van der Waals surface area contributed by atoms with E-state index >= 15 is 0 Å². The van der Waals surface area contributed by atoms with Gasteiger partial charge in [-0.3, -0.25) is 4.79 Å². The molecule has 0 saturated heterocycles. The minimum Gasteiger partial charge on any atom is -0.481 e. The van der Waals surface area contributed by atoms with Gasteiger partial charge in [-0.25, -0.2) is 0 Å². The zero-order valence-corrected chi connectivity index (χ0v) is 10.6. The van der Waals surface area contributed by atoms with E-state index in [0.29, 0.717) is 17.4 Å². The van der Waals surface area contributed by atoms with Crippen molar-refractivity contribution in [3.05, 3.63) is 18.2 Å².